The molecule has 1 aromatic carbocycles. The lowest BCUT2D eigenvalue weighted by Crippen LogP contribution is -2.15. The number of carbonyl (C=O) groups excluding carboxylic acids is 1. The molecule has 106 valence electrons. The third-order valence-electron chi connectivity index (χ3n) is 3.27. The third kappa shape index (κ3) is 2.47. The molecule has 2 heterocycles. The van der Waals surface area contributed by atoms with Gasteiger partial charge in [-0.3, -0.25) is 4.79 Å². The summed E-state index contributed by atoms with van der Waals surface area (Å²) < 4.78 is 1.55. The summed E-state index contributed by atoms with van der Waals surface area (Å²) in [6.45, 7) is 5.80. The second-order valence-electron chi connectivity index (χ2n) is 5.01. The Balaban J connectivity index is 1.93. The smallest absolute Gasteiger partial charge is 0.295 e. The minimum Gasteiger partial charge on any atom is -0.319 e. The third-order valence-corrected chi connectivity index (χ3v) is 3.27. The van der Waals surface area contributed by atoms with Gasteiger partial charge < -0.3 is 5.32 Å². The molecular formula is C15H15N5O. The Hall–Kier alpha value is -2.76. The topological polar surface area (TPSA) is 72.2 Å². The lowest BCUT2D eigenvalue weighted by Gasteiger charge is -2.07. The Morgan fingerprint density at radius 1 is 1.19 bits per heavy atom. The number of anilines is 1. The Bertz CT molecular complexity index is 837. The van der Waals surface area contributed by atoms with Crippen LogP contribution in [0.3, 0.4) is 0 Å². The van der Waals surface area contributed by atoms with Crippen molar-refractivity contribution >= 4 is 17.4 Å². The molecular weight excluding hydrogens is 266 g/mol. The molecule has 0 saturated carbocycles. The van der Waals surface area contributed by atoms with Crippen molar-refractivity contribution in [2.24, 2.45) is 0 Å². The van der Waals surface area contributed by atoms with Crippen molar-refractivity contribution in [2.75, 3.05) is 5.32 Å². The highest BCUT2D eigenvalue weighted by Crippen LogP contribution is 2.17. The number of fused-ring (bicyclic) bond motifs is 1. The minimum absolute atomic E-state index is 0.109. The van der Waals surface area contributed by atoms with E-state index in [-0.39, 0.29) is 11.7 Å². The second kappa shape index (κ2) is 4.97. The number of hydrogen-bond acceptors (Lipinski definition) is 4. The summed E-state index contributed by atoms with van der Waals surface area (Å²) in [7, 11) is 0. The van der Waals surface area contributed by atoms with Gasteiger partial charge in [0, 0.05) is 17.6 Å². The van der Waals surface area contributed by atoms with Crippen molar-refractivity contribution in [3.8, 4) is 0 Å². The molecule has 3 rings (SSSR count). The molecule has 3 aromatic rings. The average molecular weight is 281 g/mol. The first-order valence-electron chi connectivity index (χ1n) is 6.61. The maximum atomic E-state index is 12.3. The summed E-state index contributed by atoms with van der Waals surface area (Å²) in [5, 5.41) is 7.03. The van der Waals surface area contributed by atoms with Gasteiger partial charge in [-0.05, 0) is 44.0 Å². The number of nitrogens with zero attached hydrogens (tertiary/aromatic N) is 4. The highest BCUT2D eigenvalue weighted by molar-refractivity contribution is 6.02. The normalized spacial score (nSPS) is 10.8. The second-order valence-corrected chi connectivity index (χ2v) is 5.01. The molecule has 6 nitrogen and oxygen atoms in total. The molecule has 0 aliphatic carbocycles. The molecule has 6 heteroatoms. The Labute approximate surface area is 121 Å². The monoisotopic (exact) mass is 281 g/mol. The van der Waals surface area contributed by atoms with E-state index >= 15 is 0 Å². The van der Waals surface area contributed by atoms with Crippen LogP contribution >= 0.6 is 0 Å². The van der Waals surface area contributed by atoms with E-state index in [0.29, 0.717) is 5.78 Å². The van der Waals surface area contributed by atoms with E-state index < -0.39 is 0 Å². The Kier molecular flexibility index (Phi) is 3.13. The van der Waals surface area contributed by atoms with Gasteiger partial charge >= 0.3 is 0 Å². The summed E-state index contributed by atoms with van der Waals surface area (Å²) in [6, 6.07) is 7.70. The van der Waals surface area contributed by atoms with Crippen LogP contribution in [0.1, 0.15) is 27.4 Å². The molecule has 1 amide bonds. The maximum absolute atomic E-state index is 12.3. The van der Waals surface area contributed by atoms with Gasteiger partial charge in [0.15, 0.2) is 0 Å². The van der Waals surface area contributed by atoms with E-state index in [1.165, 1.54) is 0 Å². The van der Waals surface area contributed by atoms with E-state index in [4.69, 9.17) is 0 Å². The SMILES string of the molecule is Cc1ccc(C)c(NC(=O)c2nc3nccc(C)n3n2)c1. The van der Waals surface area contributed by atoms with E-state index in [2.05, 4.69) is 20.4 Å². The Morgan fingerprint density at radius 3 is 2.76 bits per heavy atom. The van der Waals surface area contributed by atoms with Crippen molar-refractivity contribution in [3.05, 3.63) is 53.1 Å². The molecule has 0 bridgehead atoms. The van der Waals surface area contributed by atoms with Crippen LogP contribution in [-0.2, 0) is 0 Å². The number of hydrogen-bond donors (Lipinski definition) is 1. The van der Waals surface area contributed by atoms with Gasteiger partial charge in [0.05, 0.1) is 0 Å². The van der Waals surface area contributed by atoms with Gasteiger partial charge in [0.25, 0.3) is 11.7 Å². The van der Waals surface area contributed by atoms with Crippen LogP contribution in [0.4, 0.5) is 5.69 Å². The summed E-state index contributed by atoms with van der Waals surface area (Å²) in [5.41, 5.74) is 3.71. The number of carbonyl (C=O) groups is 1. The largest absolute Gasteiger partial charge is 0.319 e. The van der Waals surface area contributed by atoms with Crippen LogP contribution < -0.4 is 5.32 Å². The molecule has 0 saturated heterocycles. The fourth-order valence-corrected chi connectivity index (χ4v) is 2.05. The predicted octanol–water partition coefficient (Wildman–Crippen LogP) is 2.30. The van der Waals surface area contributed by atoms with E-state index in [9.17, 15) is 4.79 Å². The zero-order chi connectivity index (χ0) is 15.0. The molecule has 0 unspecified atom stereocenters. The van der Waals surface area contributed by atoms with Crippen LogP contribution in [0.25, 0.3) is 5.78 Å². The van der Waals surface area contributed by atoms with Crippen LogP contribution in [0.2, 0.25) is 0 Å². The zero-order valence-electron chi connectivity index (χ0n) is 12.1. The van der Waals surface area contributed by atoms with Crippen molar-refractivity contribution in [1.29, 1.82) is 0 Å². The molecule has 0 spiro atoms. The maximum Gasteiger partial charge on any atom is 0.295 e. The standard InChI is InChI=1S/C15H15N5O/c1-9-4-5-10(2)12(8-9)17-14(21)13-18-15-16-7-6-11(3)20(15)19-13/h4-8H,1-3H3,(H,17,21). The highest BCUT2D eigenvalue weighted by Gasteiger charge is 2.15. The lowest BCUT2D eigenvalue weighted by atomic mass is 10.1. The zero-order valence-corrected chi connectivity index (χ0v) is 12.1. The first-order chi connectivity index (χ1) is 10.0. The van der Waals surface area contributed by atoms with Crippen LogP contribution in [0.5, 0.6) is 0 Å². The van der Waals surface area contributed by atoms with E-state index in [1.54, 1.807) is 10.7 Å². The summed E-state index contributed by atoms with van der Waals surface area (Å²) in [6.07, 6.45) is 1.64. The van der Waals surface area contributed by atoms with E-state index in [1.807, 2.05) is 45.0 Å². The van der Waals surface area contributed by atoms with Gasteiger partial charge in [-0.25, -0.2) is 9.50 Å². The number of amides is 1. The lowest BCUT2D eigenvalue weighted by molar-refractivity contribution is 0.101. The van der Waals surface area contributed by atoms with Crippen LogP contribution in [0, 0.1) is 20.8 Å². The van der Waals surface area contributed by atoms with Crippen LogP contribution in [-0.4, -0.2) is 25.5 Å². The van der Waals surface area contributed by atoms with Gasteiger partial charge in [-0.2, -0.15) is 4.98 Å². The van der Waals surface area contributed by atoms with Crippen molar-refractivity contribution in [3.63, 3.8) is 0 Å². The number of rotatable bonds is 2. The first-order valence-corrected chi connectivity index (χ1v) is 6.61. The number of aryl methyl sites for hydroxylation is 3. The van der Waals surface area contributed by atoms with Gasteiger partial charge in [-0.1, -0.05) is 12.1 Å². The summed E-state index contributed by atoms with van der Waals surface area (Å²) in [4.78, 5) is 20.5. The number of benzene rings is 1. The molecule has 21 heavy (non-hydrogen) atoms. The van der Waals surface area contributed by atoms with Gasteiger partial charge in [0.1, 0.15) is 0 Å². The van der Waals surface area contributed by atoms with Crippen molar-refractivity contribution in [2.45, 2.75) is 20.8 Å². The van der Waals surface area contributed by atoms with E-state index in [0.717, 1.165) is 22.5 Å². The fourth-order valence-electron chi connectivity index (χ4n) is 2.05. The van der Waals surface area contributed by atoms with Gasteiger partial charge in [0.2, 0.25) is 5.82 Å². The molecule has 0 aliphatic rings. The summed E-state index contributed by atoms with van der Waals surface area (Å²) in [5.74, 6) is 0.187. The fraction of sp³-hybridized carbons (Fsp3) is 0.200. The van der Waals surface area contributed by atoms with Crippen LogP contribution in [0.15, 0.2) is 30.5 Å². The predicted molar refractivity (Wildman–Crippen MR) is 79.4 cm³/mol. The molecule has 0 atom stereocenters. The average Bonchev–Trinajstić information content (AvgIpc) is 2.88. The Morgan fingerprint density at radius 2 is 2.00 bits per heavy atom. The molecule has 0 radical (unpaired) electrons. The molecule has 0 aliphatic heterocycles. The minimum atomic E-state index is -0.339. The van der Waals surface area contributed by atoms with Gasteiger partial charge in [-0.15, -0.1) is 5.10 Å². The number of aromatic nitrogens is 4. The first kappa shape index (κ1) is 13.2. The molecule has 0 fully saturated rings. The van der Waals surface area contributed by atoms with Crippen molar-refractivity contribution < 1.29 is 4.79 Å². The molecule has 2 aromatic heterocycles. The highest BCUT2D eigenvalue weighted by atomic mass is 16.2. The number of nitrogens with one attached hydrogen (secondary N) is 1. The molecule has 1 N–H and O–H groups in total. The quantitative estimate of drug-likeness (QED) is 0.782. The summed E-state index contributed by atoms with van der Waals surface area (Å²) >= 11 is 0. The van der Waals surface area contributed by atoms with Crippen molar-refractivity contribution in [1.82, 2.24) is 19.6 Å².